The van der Waals surface area contributed by atoms with Crippen molar-refractivity contribution in [3.8, 4) is 0 Å². The molecule has 0 spiro atoms. The highest BCUT2D eigenvalue weighted by molar-refractivity contribution is 6.00. The number of nitrogens with one attached hydrogen (secondary N) is 1. The Morgan fingerprint density at radius 3 is 2.87 bits per heavy atom. The van der Waals surface area contributed by atoms with Crippen LogP contribution in [-0.4, -0.2) is 59.6 Å². The molecule has 9 heteroatoms. The largest absolute Gasteiger partial charge is 0.379 e. The number of amides is 1. The molecule has 1 amide bonds. The van der Waals surface area contributed by atoms with Gasteiger partial charge in [-0.3, -0.25) is 18.9 Å². The zero-order valence-corrected chi connectivity index (χ0v) is 17.4. The van der Waals surface area contributed by atoms with Gasteiger partial charge in [0.15, 0.2) is 0 Å². The molecule has 158 valence electrons. The van der Waals surface area contributed by atoms with E-state index >= 15 is 0 Å². The first-order valence-corrected chi connectivity index (χ1v) is 10.2. The lowest BCUT2D eigenvalue weighted by Crippen LogP contribution is -2.43. The smallest absolute Gasteiger partial charge is 0.278 e. The second kappa shape index (κ2) is 8.37. The van der Waals surface area contributed by atoms with Crippen molar-refractivity contribution in [1.82, 2.24) is 19.6 Å². The van der Waals surface area contributed by atoms with Gasteiger partial charge < -0.3 is 15.8 Å². The predicted octanol–water partition coefficient (Wildman–Crippen LogP) is 0.108. The number of ether oxygens (including phenoxy) is 1. The second-order valence-corrected chi connectivity index (χ2v) is 7.44. The van der Waals surface area contributed by atoms with E-state index in [9.17, 15) is 9.59 Å². The molecule has 4 heterocycles. The van der Waals surface area contributed by atoms with Gasteiger partial charge in [-0.1, -0.05) is 11.1 Å². The van der Waals surface area contributed by atoms with Crippen molar-refractivity contribution < 1.29 is 14.1 Å². The second-order valence-electron chi connectivity index (χ2n) is 7.44. The van der Waals surface area contributed by atoms with Crippen molar-refractivity contribution in [1.29, 1.82) is 0 Å². The van der Waals surface area contributed by atoms with Crippen LogP contribution in [-0.2, 0) is 11.3 Å². The molecule has 0 bridgehead atoms. The van der Waals surface area contributed by atoms with Crippen LogP contribution >= 0.6 is 0 Å². The topological polar surface area (TPSA) is 106 Å². The summed E-state index contributed by atoms with van der Waals surface area (Å²) in [5, 5.41) is 3.29. The van der Waals surface area contributed by atoms with E-state index in [1.807, 2.05) is 26.0 Å². The van der Waals surface area contributed by atoms with Crippen molar-refractivity contribution in [2.75, 3.05) is 45.1 Å². The fraction of sp³-hybridized carbons (Fsp3) is 0.429. The maximum Gasteiger partial charge on any atom is 0.278 e. The van der Waals surface area contributed by atoms with Gasteiger partial charge in [0, 0.05) is 37.9 Å². The molecule has 1 fully saturated rings. The van der Waals surface area contributed by atoms with Crippen LogP contribution in [0.1, 0.15) is 22.8 Å². The summed E-state index contributed by atoms with van der Waals surface area (Å²) in [6.07, 6.45) is 1.69. The third kappa shape index (κ3) is 3.61. The van der Waals surface area contributed by atoms with Crippen LogP contribution in [0.25, 0.3) is 16.7 Å². The molecule has 0 aliphatic carbocycles. The highest BCUT2D eigenvalue weighted by Gasteiger charge is 2.24. The minimum atomic E-state index is -0.293. The summed E-state index contributed by atoms with van der Waals surface area (Å²) < 4.78 is 8.57. The van der Waals surface area contributed by atoms with Crippen LogP contribution in [0.2, 0.25) is 0 Å². The Kier molecular flexibility index (Phi) is 5.65. The van der Waals surface area contributed by atoms with Gasteiger partial charge >= 0.3 is 0 Å². The number of hydrogen-bond donors (Lipinski definition) is 2. The Morgan fingerprint density at radius 2 is 2.13 bits per heavy atom. The Hall–Kier alpha value is -3.04. The van der Waals surface area contributed by atoms with Crippen LogP contribution in [0.5, 0.6) is 0 Å². The van der Waals surface area contributed by atoms with E-state index in [0.29, 0.717) is 48.8 Å². The highest BCUT2D eigenvalue weighted by Crippen LogP contribution is 2.15. The molecule has 1 saturated heterocycles. The first-order valence-electron chi connectivity index (χ1n) is 10.2. The van der Waals surface area contributed by atoms with Crippen molar-refractivity contribution in [2.45, 2.75) is 20.4 Å². The minimum Gasteiger partial charge on any atom is -0.379 e. The Balaban J connectivity index is 1.70. The summed E-state index contributed by atoms with van der Waals surface area (Å²) in [4.78, 5) is 32.9. The summed E-state index contributed by atoms with van der Waals surface area (Å²) in [6, 6.07) is 5.27. The van der Waals surface area contributed by atoms with Crippen molar-refractivity contribution >= 4 is 28.4 Å². The number of carbonyl (C=O) groups is 1. The number of morpholine rings is 1. The fourth-order valence-electron chi connectivity index (χ4n) is 3.86. The number of aromatic nitrogens is 3. The standard InChI is InChI=1S/C21H26N6O3/c1-3-26-17(22)15(20(28)23-6-8-25-9-11-30-12-10-25)13-16-19(26)24-18-14(2)5-4-7-27(18)21(16)29/h4-5,7,13,22H,3,6,8-12H2,1-2H3,(H,23,28)/p+1. The number of fused-ring (bicyclic) bond motifs is 2. The quantitative estimate of drug-likeness (QED) is 0.456. The first-order chi connectivity index (χ1) is 14.5. The first kappa shape index (κ1) is 20.2. The normalized spacial score (nSPS) is 15.0. The molecule has 1 aliphatic rings. The number of nitrogens with two attached hydrogens (primary N) is 1. The number of aryl methyl sites for hydroxylation is 2. The molecule has 0 atom stereocenters. The van der Waals surface area contributed by atoms with E-state index in [-0.39, 0.29) is 17.0 Å². The Labute approximate surface area is 174 Å². The average molecular weight is 411 g/mol. The number of nitrogen functional groups attached to an aromatic ring is 1. The summed E-state index contributed by atoms with van der Waals surface area (Å²) in [6.45, 7) is 8.70. The van der Waals surface area contributed by atoms with E-state index in [1.165, 1.54) is 4.40 Å². The van der Waals surface area contributed by atoms with Gasteiger partial charge in [-0.15, -0.1) is 0 Å². The number of anilines is 1. The predicted molar refractivity (Wildman–Crippen MR) is 114 cm³/mol. The maximum absolute atomic E-state index is 13.1. The number of carbonyl (C=O) groups excluding carboxylic acids is 1. The molecule has 0 unspecified atom stereocenters. The fourth-order valence-corrected chi connectivity index (χ4v) is 3.86. The lowest BCUT2D eigenvalue weighted by atomic mass is 10.1. The molecular weight excluding hydrogens is 384 g/mol. The summed E-state index contributed by atoms with van der Waals surface area (Å²) in [5.74, 6) is 0.0114. The third-order valence-electron chi connectivity index (χ3n) is 5.55. The molecule has 0 radical (unpaired) electrons. The average Bonchev–Trinajstić information content (AvgIpc) is 2.75. The molecule has 3 aromatic rings. The van der Waals surface area contributed by atoms with E-state index in [1.54, 1.807) is 16.8 Å². The zero-order chi connectivity index (χ0) is 21.3. The van der Waals surface area contributed by atoms with Crippen LogP contribution in [0.4, 0.5) is 5.82 Å². The lowest BCUT2D eigenvalue weighted by Gasteiger charge is -2.26. The van der Waals surface area contributed by atoms with Gasteiger partial charge in [0.2, 0.25) is 11.5 Å². The van der Waals surface area contributed by atoms with Crippen molar-refractivity contribution in [3.05, 3.63) is 45.9 Å². The van der Waals surface area contributed by atoms with Crippen LogP contribution in [0, 0.1) is 6.92 Å². The zero-order valence-electron chi connectivity index (χ0n) is 17.4. The third-order valence-corrected chi connectivity index (χ3v) is 5.55. The summed E-state index contributed by atoms with van der Waals surface area (Å²) in [7, 11) is 0. The van der Waals surface area contributed by atoms with E-state index < -0.39 is 0 Å². The van der Waals surface area contributed by atoms with Gasteiger partial charge in [0.05, 0.1) is 19.8 Å². The molecule has 3 aromatic heterocycles. The van der Waals surface area contributed by atoms with Crippen molar-refractivity contribution in [2.24, 2.45) is 0 Å². The molecule has 9 nitrogen and oxygen atoms in total. The number of rotatable bonds is 5. The van der Waals surface area contributed by atoms with Gasteiger partial charge in [0.25, 0.3) is 17.1 Å². The van der Waals surface area contributed by atoms with Crippen LogP contribution in [0.15, 0.2) is 29.2 Å². The molecule has 1 aliphatic heterocycles. The van der Waals surface area contributed by atoms with E-state index in [4.69, 9.17) is 10.5 Å². The molecule has 30 heavy (non-hydrogen) atoms. The molecule has 0 saturated carbocycles. The molecule has 4 rings (SSSR count). The highest BCUT2D eigenvalue weighted by atomic mass is 16.5. The Morgan fingerprint density at radius 1 is 1.37 bits per heavy atom. The lowest BCUT2D eigenvalue weighted by molar-refractivity contribution is -0.655. The Bertz CT molecular complexity index is 1170. The van der Waals surface area contributed by atoms with Gasteiger partial charge in [-0.2, -0.15) is 0 Å². The van der Waals surface area contributed by atoms with Gasteiger partial charge in [0.1, 0.15) is 10.9 Å². The number of nitrogens with zero attached hydrogens (tertiary/aromatic N) is 4. The summed E-state index contributed by atoms with van der Waals surface area (Å²) in [5.41, 5.74) is 8.36. The number of pyridine rings is 2. The van der Waals surface area contributed by atoms with Crippen molar-refractivity contribution in [3.63, 3.8) is 0 Å². The molecular formula is C21H27N6O3+. The van der Waals surface area contributed by atoms with Crippen LogP contribution in [0.3, 0.4) is 0 Å². The van der Waals surface area contributed by atoms with Crippen LogP contribution < -0.4 is 21.2 Å². The monoisotopic (exact) mass is 411 g/mol. The van der Waals surface area contributed by atoms with Gasteiger partial charge in [-0.05, 0) is 26.0 Å². The van der Waals surface area contributed by atoms with E-state index in [2.05, 4.69) is 15.2 Å². The minimum absolute atomic E-state index is 0.219. The molecule has 0 aromatic carbocycles. The molecule has 3 N–H and O–H groups in total. The maximum atomic E-state index is 13.1. The number of hydrogen-bond acceptors (Lipinski definition) is 6. The van der Waals surface area contributed by atoms with Gasteiger partial charge in [-0.25, -0.2) is 4.57 Å². The summed E-state index contributed by atoms with van der Waals surface area (Å²) >= 11 is 0. The SMILES string of the molecule is CC[n+]1c(N)c(C(=O)NCCN2CCOCC2)cc2c(=O)n3cccc(C)c3nc21. The van der Waals surface area contributed by atoms with E-state index in [0.717, 1.165) is 25.2 Å².